The van der Waals surface area contributed by atoms with Crippen LogP contribution in [0.25, 0.3) is 0 Å². The second kappa shape index (κ2) is 6.97. The summed E-state index contributed by atoms with van der Waals surface area (Å²) in [6.07, 6.45) is 0.666. The Hall–Kier alpha value is -2.24. The lowest BCUT2D eigenvalue weighted by molar-refractivity contribution is -0.137. The van der Waals surface area contributed by atoms with E-state index in [0.29, 0.717) is 19.6 Å². The van der Waals surface area contributed by atoms with Crippen LogP contribution in [0.2, 0.25) is 0 Å². The Morgan fingerprint density at radius 1 is 1.43 bits per heavy atom. The number of para-hydroxylation sites is 1. The SMILES string of the molecule is CC(CCC(=O)O)CNC(=O)NC1COc2ccccc21. The lowest BCUT2D eigenvalue weighted by Crippen LogP contribution is -2.40. The smallest absolute Gasteiger partial charge is 0.315 e. The number of hydrogen-bond donors (Lipinski definition) is 3. The van der Waals surface area contributed by atoms with Crippen molar-refractivity contribution in [2.75, 3.05) is 13.2 Å². The molecule has 2 atom stereocenters. The highest BCUT2D eigenvalue weighted by atomic mass is 16.5. The maximum absolute atomic E-state index is 11.9. The maximum Gasteiger partial charge on any atom is 0.315 e. The number of hydrogen-bond acceptors (Lipinski definition) is 3. The Kier molecular flexibility index (Phi) is 5.03. The first kappa shape index (κ1) is 15.2. The van der Waals surface area contributed by atoms with Crippen LogP contribution in [0, 0.1) is 5.92 Å². The molecule has 1 aromatic carbocycles. The molecule has 2 amide bonds. The number of fused-ring (bicyclic) bond motifs is 1. The highest BCUT2D eigenvalue weighted by Gasteiger charge is 2.24. The predicted octanol–water partition coefficient (Wildman–Crippen LogP) is 1.92. The van der Waals surface area contributed by atoms with E-state index in [9.17, 15) is 9.59 Å². The summed E-state index contributed by atoms with van der Waals surface area (Å²) in [5.74, 6) is 0.114. The maximum atomic E-state index is 11.9. The summed E-state index contributed by atoms with van der Waals surface area (Å²) in [7, 11) is 0. The average Bonchev–Trinajstić information content (AvgIpc) is 2.86. The molecule has 1 aliphatic heterocycles. The molecule has 0 fully saturated rings. The molecule has 6 heteroatoms. The molecule has 3 N–H and O–H groups in total. The lowest BCUT2D eigenvalue weighted by Gasteiger charge is -2.15. The van der Waals surface area contributed by atoms with Crippen molar-refractivity contribution in [3.8, 4) is 5.75 Å². The number of carbonyl (C=O) groups excluding carboxylic acids is 1. The molecule has 0 saturated carbocycles. The van der Waals surface area contributed by atoms with E-state index in [0.717, 1.165) is 11.3 Å². The molecule has 21 heavy (non-hydrogen) atoms. The molecule has 114 valence electrons. The van der Waals surface area contributed by atoms with Crippen LogP contribution in [-0.2, 0) is 4.79 Å². The van der Waals surface area contributed by atoms with Gasteiger partial charge in [0.1, 0.15) is 12.4 Å². The molecule has 1 aromatic rings. The first-order valence-corrected chi connectivity index (χ1v) is 7.04. The van der Waals surface area contributed by atoms with Crippen LogP contribution in [0.4, 0.5) is 4.79 Å². The predicted molar refractivity (Wildman–Crippen MR) is 77.2 cm³/mol. The third kappa shape index (κ3) is 4.37. The van der Waals surface area contributed by atoms with Crippen molar-refractivity contribution >= 4 is 12.0 Å². The molecule has 2 rings (SSSR count). The van der Waals surface area contributed by atoms with E-state index in [1.54, 1.807) is 0 Å². The molecule has 1 heterocycles. The summed E-state index contributed by atoms with van der Waals surface area (Å²) in [5.41, 5.74) is 0.978. The van der Waals surface area contributed by atoms with E-state index in [-0.39, 0.29) is 24.4 Å². The summed E-state index contributed by atoms with van der Waals surface area (Å²) < 4.78 is 5.49. The van der Waals surface area contributed by atoms with Gasteiger partial charge in [0.05, 0.1) is 6.04 Å². The minimum absolute atomic E-state index is 0.119. The van der Waals surface area contributed by atoms with Gasteiger partial charge in [-0.1, -0.05) is 25.1 Å². The Morgan fingerprint density at radius 3 is 2.95 bits per heavy atom. The molecule has 6 nitrogen and oxygen atoms in total. The summed E-state index contributed by atoms with van der Waals surface area (Å²) in [5, 5.41) is 14.2. The van der Waals surface area contributed by atoms with Crippen molar-refractivity contribution in [3.63, 3.8) is 0 Å². The van der Waals surface area contributed by atoms with Gasteiger partial charge >= 0.3 is 12.0 Å². The fraction of sp³-hybridized carbons (Fsp3) is 0.467. The second-order valence-corrected chi connectivity index (χ2v) is 5.29. The topological polar surface area (TPSA) is 87.7 Å². The van der Waals surface area contributed by atoms with Crippen LogP contribution < -0.4 is 15.4 Å². The third-order valence-corrected chi connectivity index (χ3v) is 3.47. The fourth-order valence-electron chi connectivity index (χ4n) is 2.23. The molecule has 0 radical (unpaired) electrons. The number of aliphatic carboxylic acids is 1. The van der Waals surface area contributed by atoms with Gasteiger partial charge in [0.2, 0.25) is 0 Å². The van der Waals surface area contributed by atoms with Gasteiger partial charge in [-0.15, -0.1) is 0 Å². The van der Waals surface area contributed by atoms with Crippen molar-refractivity contribution in [3.05, 3.63) is 29.8 Å². The van der Waals surface area contributed by atoms with Crippen molar-refractivity contribution < 1.29 is 19.4 Å². The van der Waals surface area contributed by atoms with Gasteiger partial charge in [-0.3, -0.25) is 4.79 Å². The summed E-state index contributed by atoms with van der Waals surface area (Å²) in [4.78, 5) is 22.3. The van der Waals surface area contributed by atoms with Gasteiger partial charge in [0.25, 0.3) is 0 Å². The van der Waals surface area contributed by atoms with E-state index >= 15 is 0 Å². The van der Waals surface area contributed by atoms with E-state index in [1.165, 1.54) is 0 Å². The fourth-order valence-corrected chi connectivity index (χ4v) is 2.23. The van der Waals surface area contributed by atoms with Crippen LogP contribution in [0.1, 0.15) is 31.4 Å². The number of benzene rings is 1. The molecule has 0 spiro atoms. The van der Waals surface area contributed by atoms with Crippen molar-refractivity contribution in [2.45, 2.75) is 25.8 Å². The van der Waals surface area contributed by atoms with Gasteiger partial charge in [-0.25, -0.2) is 4.79 Å². The average molecular weight is 292 g/mol. The van der Waals surface area contributed by atoms with Crippen molar-refractivity contribution in [2.24, 2.45) is 5.92 Å². The van der Waals surface area contributed by atoms with Crippen molar-refractivity contribution in [1.29, 1.82) is 0 Å². The van der Waals surface area contributed by atoms with Gasteiger partial charge in [0, 0.05) is 18.5 Å². The van der Waals surface area contributed by atoms with Gasteiger partial charge in [-0.2, -0.15) is 0 Å². The number of amides is 2. The first-order chi connectivity index (χ1) is 10.1. The zero-order chi connectivity index (χ0) is 15.2. The quantitative estimate of drug-likeness (QED) is 0.747. The number of rotatable bonds is 6. The lowest BCUT2D eigenvalue weighted by atomic mass is 10.1. The van der Waals surface area contributed by atoms with E-state index in [1.807, 2.05) is 31.2 Å². The van der Waals surface area contributed by atoms with E-state index in [4.69, 9.17) is 9.84 Å². The Balaban J connectivity index is 1.74. The summed E-state index contributed by atoms with van der Waals surface area (Å²) in [6, 6.07) is 7.21. The highest BCUT2D eigenvalue weighted by Crippen LogP contribution is 2.31. The van der Waals surface area contributed by atoms with Crippen LogP contribution in [0.15, 0.2) is 24.3 Å². The Morgan fingerprint density at radius 2 is 2.19 bits per heavy atom. The summed E-state index contributed by atoms with van der Waals surface area (Å²) >= 11 is 0. The zero-order valence-corrected chi connectivity index (χ0v) is 12.0. The molecule has 0 bridgehead atoms. The number of carboxylic acids is 1. The van der Waals surface area contributed by atoms with Crippen molar-refractivity contribution in [1.82, 2.24) is 10.6 Å². The third-order valence-electron chi connectivity index (χ3n) is 3.47. The van der Waals surface area contributed by atoms with Crippen LogP contribution >= 0.6 is 0 Å². The minimum Gasteiger partial charge on any atom is -0.491 e. The minimum atomic E-state index is -0.814. The molecule has 1 aliphatic rings. The monoisotopic (exact) mass is 292 g/mol. The largest absolute Gasteiger partial charge is 0.491 e. The zero-order valence-electron chi connectivity index (χ0n) is 12.0. The standard InChI is InChI=1S/C15H20N2O4/c1-10(6-7-14(18)19)8-16-15(20)17-12-9-21-13-5-3-2-4-11(12)13/h2-5,10,12H,6-9H2,1H3,(H,18,19)(H2,16,17,20). The van der Waals surface area contributed by atoms with Crippen LogP contribution in [-0.4, -0.2) is 30.3 Å². The normalized spacial score (nSPS) is 17.5. The number of ether oxygens (including phenoxy) is 1. The summed E-state index contributed by atoms with van der Waals surface area (Å²) in [6.45, 7) is 2.80. The number of urea groups is 1. The van der Waals surface area contributed by atoms with Crippen LogP contribution in [0.5, 0.6) is 5.75 Å². The van der Waals surface area contributed by atoms with Crippen LogP contribution in [0.3, 0.4) is 0 Å². The Bertz CT molecular complexity index is 518. The molecule has 0 aliphatic carbocycles. The van der Waals surface area contributed by atoms with Gasteiger partial charge < -0.3 is 20.5 Å². The molecule has 2 unspecified atom stereocenters. The van der Waals surface area contributed by atoms with Gasteiger partial charge in [0.15, 0.2) is 0 Å². The molecular formula is C15H20N2O4. The molecule has 0 saturated heterocycles. The van der Waals surface area contributed by atoms with E-state index in [2.05, 4.69) is 10.6 Å². The number of carboxylic acid groups (broad SMARTS) is 1. The Labute approximate surface area is 123 Å². The highest BCUT2D eigenvalue weighted by molar-refractivity contribution is 5.74. The number of carbonyl (C=O) groups is 2. The molecular weight excluding hydrogens is 272 g/mol. The first-order valence-electron chi connectivity index (χ1n) is 7.04. The second-order valence-electron chi connectivity index (χ2n) is 5.29. The molecule has 0 aromatic heterocycles. The number of nitrogens with one attached hydrogen (secondary N) is 2. The van der Waals surface area contributed by atoms with Gasteiger partial charge in [-0.05, 0) is 18.4 Å². The van der Waals surface area contributed by atoms with E-state index < -0.39 is 5.97 Å².